The molecule has 3 aromatic rings. The van der Waals surface area contributed by atoms with Crippen molar-refractivity contribution in [3.63, 3.8) is 0 Å². The van der Waals surface area contributed by atoms with E-state index >= 15 is 0 Å². The van der Waals surface area contributed by atoms with Crippen LogP contribution >= 0.6 is 23.2 Å². The van der Waals surface area contributed by atoms with E-state index < -0.39 is 6.29 Å². The normalized spacial score (nSPS) is 32.5. The smallest absolute Gasteiger partial charge is 0.315 e. The number of nitrogens with one attached hydrogen (secondary N) is 2. The molecule has 8 rings (SSSR count). The fourth-order valence-electron chi connectivity index (χ4n) is 8.52. The third kappa shape index (κ3) is 6.12. The summed E-state index contributed by atoms with van der Waals surface area (Å²) in [7, 11) is 0. The summed E-state index contributed by atoms with van der Waals surface area (Å²) >= 11 is 12.5. The van der Waals surface area contributed by atoms with Crippen LogP contribution in [-0.2, 0) is 29.2 Å². The van der Waals surface area contributed by atoms with Crippen LogP contribution in [0.5, 0.6) is 0 Å². The van der Waals surface area contributed by atoms with Gasteiger partial charge in [0.25, 0.3) is 0 Å². The summed E-state index contributed by atoms with van der Waals surface area (Å²) in [4.78, 5) is 17.1. The van der Waals surface area contributed by atoms with Gasteiger partial charge in [0.15, 0.2) is 11.4 Å². The lowest BCUT2D eigenvalue weighted by Gasteiger charge is -2.56. The standard InChI is InChI=1S/C34H40Cl2N4O4/c1-20-28(17-40-19-38-30(35)31(40)36)43-32(44-29(20)26-6-4-22(18-41)5-7-26)27-8-2-21(3-9-27)16-37-33(42)39-34-13-23-10-24(14-34)12-25(11-23)15-34/h2-9,19-20,23-25,28-29,32,41H,10-18H2,1H3,(H2,37,39,42)/t20-,23?,24?,25?,28+,29+,32+,34?/m0/s1. The zero-order valence-corrected chi connectivity index (χ0v) is 26.4. The van der Waals surface area contributed by atoms with Gasteiger partial charge < -0.3 is 29.8 Å². The van der Waals surface area contributed by atoms with E-state index in [2.05, 4.69) is 22.5 Å². The number of hydrogen-bond acceptors (Lipinski definition) is 5. The molecule has 4 aliphatic carbocycles. The van der Waals surface area contributed by atoms with Crippen LogP contribution < -0.4 is 10.6 Å². The first-order valence-corrected chi connectivity index (χ1v) is 16.5. The molecule has 1 saturated heterocycles. The van der Waals surface area contributed by atoms with Crippen LogP contribution in [0.15, 0.2) is 54.9 Å². The molecular weight excluding hydrogens is 599 g/mol. The number of hydrogen-bond donors (Lipinski definition) is 3. The Morgan fingerprint density at radius 1 is 0.955 bits per heavy atom. The number of urea groups is 1. The summed E-state index contributed by atoms with van der Waals surface area (Å²) < 4.78 is 14.9. The van der Waals surface area contributed by atoms with Crippen molar-refractivity contribution in [3.05, 3.63) is 87.4 Å². The van der Waals surface area contributed by atoms with E-state index in [1.165, 1.54) is 19.3 Å². The summed E-state index contributed by atoms with van der Waals surface area (Å²) in [5, 5.41) is 16.6. The molecule has 4 atom stereocenters. The molecule has 2 aromatic carbocycles. The van der Waals surface area contributed by atoms with E-state index in [1.54, 1.807) is 10.9 Å². The summed E-state index contributed by atoms with van der Waals surface area (Å²) in [5.74, 6) is 2.35. The third-order valence-corrected chi connectivity index (χ3v) is 11.1. The van der Waals surface area contributed by atoms with Gasteiger partial charge in [-0.05, 0) is 73.0 Å². The van der Waals surface area contributed by atoms with Gasteiger partial charge in [-0.25, -0.2) is 9.78 Å². The van der Waals surface area contributed by atoms with Crippen LogP contribution in [-0.4, -0.2) is 32.3 Å². The van der Waals surface area contributed by atoms with E-state index in [0.717, 1.165) is 59.3 Å². The van der Waals surface area contributed by atoms with Gasteiger partial charge in [-0.1, -0.05) is 78.7 Å². The molecule has 1 aromatic heterocycles. The van der Waals surface area contributed by atoms with Crippen molar-refractivity contribution in [3.8, 4) is 0 Å². The molecular formula is C34H40Cl2N4O4. The number of carbonyl (C=O) groups excluding carboxylic acids is 1. The lowest BCUT2D eigenvalue weighted by molar-refractivity contribution is -0.276. The van der Waals surface area contributed by atoms with Crippen LogP contribution in [0.4, 0.5) is 4.79 Å². The van der Waals surface area contributed by atoms with Gasteiger partial charge in [-0.15, -0.1) is 0 Å². The Kier molecular flexibility index (Phi) is 8.40. The van der Waals surface area contributed by atoms with Crippen molar-refractivity contribution in [1.82, 2.24) is 20.2 Å². The minimum atomic E-state index is -0.613. The Morgan fingerprint density at radius 3 is 2.16 bits per heavy atom. The van der Waals surface area contributed by atoms with E-state index in [1.807, 2.05) is 48.5 Å². The highest BCUT2D eigenvalue weighted by Crippen LogP contribution is 2.55. The maximum atomic E-state index is 13.0. The average molecular weight is 640 g/mol. The molecule has 0 unspecified atom stereocenters. The SMILES string of the molecule is C[C@H]1[C@@H](Cn2cnc(Cl)c2Cl)O[C@@H](c2ccc(CNC(=O)NC34CC5CC(CC(C5)C3)C4)cc2)O[C@H]1c1ccc(CO)cc1. The Labute approximate surface area is 268 Å². The highest BCUT2D eigenvalue weighted by molar-refractivity contribution is 6.40. The molecule has 5 fully saturated rings. The van der Waals surface area contributed by atoms with Crippen molar-refractivity contribution < 1.29 is 19.4 Å². The highest BCUT2D eigenvalue weighted by Gasteiger charge is 2.51. The van der Waals surface area contributed by atoms with Crippen molar-refractivity contribution in [2.75, 3.05) is 0 Å². The first-order chi connectivity index (χ1) is 21.3. The largest absolute Gasteiger partial charge is 0.392 e. The molecule has 0 spiro atoms. The van der Waals surface area contributed by atoms with Gasteiger partial charge in [-0.3, -0.25) is 0 Å². The predicted octanol–water partition coefficient (Wildman–Crippen LogP) is 6.94. The van der Waals surface area contributed by atoms with Gasteiger partial charge in [0.2, 0.25) is 0 Å². The van der Waals surface area contributed by atoms with Crippen LogP contribution in [0.1, 0.15) is 80.1 Å². The number of aromatic nitrogens is 2. The summed E-state index contributed by atoms with van der Waals surface area (Å²) in [6, 6.07) is 15.8. The fraction of sp³-hybridized carbons (Fsp3) is 0.529. The number of rotatable bonds is 8. The van der Waals surface area contributed by atoms with Crippen LogP contribution in [0.3, 0.4) is 0 Å². The van der Waals surface area contributed by atoms with Crippen molar-refractivity contribution in [2.24, 2.45) is 23.7 Å². The number of halogens is 2. The van der Waals surface area contributed by atoms with Crippen molar-refractivity contribution >= 4 is 29.2 Å². The maximum Gasteiger partial charge on any atom is 0.315 e. The number of benzene rings is 2. The van der Waals surface area contributed by atoms with Gasteiger partial charge in [0.05, 0.1) is 31.7 Å². The zero-order valence-electron chi connectivity index (χ0n) is 24.9. The first-order valence-electron chi connectivity index (χ1n) is 15.8. The summed E-state index contributed by atoms with van der Waals surface area (Å²) in [6.07, 6.45) is 7.98. The highest BCUT2D eigenvalue weighted by atomic mass is 35.5. The Morgan fingerprint density at radius 2 is 1.57 bits per heavy atom. The minimum absolute atomic E-state index is 0.00669. The number of aliphatic hydroxyl groups excluding tert-OH is 1. The third-order valence-electron chi connectivity index (χ3n) is 10.4. The molecule has 4 bridgehead atoms. The molecule has 44 heavy (non-hydrogen) atoms. The lowest BCUT2D eigenvalue weighted by atomic mass is 9.53. The second-order valence-electron chi connectivity index (χ2n) is 13.5. The van der Waals surface area contributed by atoms with E-state index in [0.29, 0.717) is 18.2 Å². The maximum absolute atomic E-state index is 13.0. The van der Waals surface area contributed by atoms with E-state index in [4.69, 9.17) is 32.7 Å². The second-order valence-corrected chi connectivity index (χ2v) is 14.3. The van der Waals surface area contributed by atoms with Gasteiger partial charge in [-0.2, -0.15) is 0 Å². The first kappa shape index (κ1) is 30.1. The number of imidazole rings is 1. The minimum Gasteiger partial charge on any atom is -0.392 e. The lowest BCUT2D eigenvalue weighted by Crippen LogP contribution is -2.61. The molecule has 4 saturated carbocycles. The van der Waals surface area contributed by atoms with Crippen molar-refractivity contribution in [2.45, 2.75) is 89.2 Å². The van der Waals surface area contributed by atoms with Crippen molar-refractivity contribution in [1.29, 1.82) is 0 Å². The number of aliphatic hydroxyl groups is 1. The number of carbonyl (C=O) groups is 1. The molecule has 3 N–H and O–H groups in total. The van der Waals surface area contributed by atoms with E-state index in [9.17, 15) is 9.90 Å². The molecule has 2 heterocycles. The Hall–Kier alpha value is -2.62. The second kappa shape index (κ2) is 12.3. The molecule has 8 nitrogen and oxygen atoms in total. The van der Waals surface area contributed by atoms with Crippen LogP contribution in [0.25, 0.3) is 0 Å². The predicted molar refractivity (Wildman–Crippen MR) is 168 cm³/mol. The molecule has 5 aliphatic rings. The quantitative estimate of drug-likeness (QED) is 0.248. The fourth-order valence-corrected chi connectivity index (χ4v) is 8.83. The summed E-state index contributed by atoms with van der Waals surface area (Å²) in [6.45, 7) is 3.00. The molecule has 234 valence electrons. The van der Waals surface area contributed by atoms with E-state index in [-0.39, 0.29) is 41.5 Å². The molecule has 2 amide bonds. The molecule has 1 aliphatic heterocycles. The van der Waals surface area contributed by atoms with Gasteiger partial charge in [0, 0.05) is 23.6 Å². The summed E-state index contributed by atoms with van der Waals surface area (Å²) in [5.41, 5.74) is 3.74. The molecule has 0 radical (unpaired) electrons. The van der Waals surface area contributed by atoms with Gasteiger partial charge >= 0.3 is 6.03 Å². The molecule has 10 heteroatoms. The Bertz CT molecular complexity index is 1440. The number of nitrogens with zero attached hydrogens (tertiary/aromatic N) is 2. The topological polar surface area (TPSA) is 97.6 Å². The van der Waals surface area contributed by atoms with Crippen LogP contribution in [0.2, 0.25) is 10.3 Å². The number of amides is 2. The van der Waals surface area contributed by atoms with Crippen LogP contribution in [0, 0.1) is 23.7 Å². The number of ether oxygens (including phenoxy) is 2. The Balaban J connectivity index is 1.02. The van der Waals surface area contributed by atoms with Gasteiger partial charge in [0.1, 0.15) is 5.15 Å². The monoisotopic (exact) mass is 638 g/mol. The average Bonchev–Trinajstić information content (AvgIpc) is 3.32. The zero-order chi connectivity index (χ0) is 30.4.